The number of methoxy groups -OCH3 is 1. The lowest BCUT2D eigenvalue weighted by Crippen LogP contribution is -2.19. The van der Waals surface area contributed by atoms with Gasteiger partial charge in [-0.15, -0.1) is 0 Å². The van der Waals surface area contributed by atoms with Crippen LogP contribution in [0.15, 0.2) is 40.4 Å². The van der Waals surface area contributed by atoms with Gasteiger partial charge < -0.3 is 4.74 Å². The number of carbonyl (C=O) groups excluding carboxylic acids is 2. The Morgan fingerprint density at radius 3 is 2.35 bits per heavy atom. The average Bonchev–Trinajstić information content (AvgIpc) is 2.48. The second kappa shape index (κ2) is 4.62. The molecule has 0 bridgehead atoms. The molecule has 3 rings (SSSR count). The normalized spacial score (nSPS) is 14.8. The first kappa shape index (κ1) is 13.2. The van der Waals surface area contributed by atoms with Gasteiger partial charge in [0.15, 0.2) is 0 Å². The Bertz CT molecular complexity index is 806. The molecular formula is C15H8Cl2O3. The summed E-state index contributed by atoms with van der Waals surface area (Å²) in [4.78, 5) is 24.5. The Hall–Kier alpha value is -1.84. The molecular weight excluding hydrogens is 299 g/mol. The van der Waals surface area contributed by atoms with E-state index in [9.17, 15) is 9.59 Å². The van der Waals surface area contributed by atoms with Crippen LogP contribution in [0.1, 0.15) is 20.7 Å². The molecule has 0 saturated heterocycles. The molecule has 0 amide bonds. The van der Waals surface area contributed by atoms with E-state index in [1.165, 1.54) is 7.11 Å². The minimum Gasteiger partial charge on any atom is -0.495 e. The molecule has 0 saturated carbocycles. The number of ether oxygens (including phenoxy) is 1. The van der Waals surface area contributed by atoms with Gasteiger partial charge in [0.2, 0.25) is 11.6 Å². The van der Waals surface area contributed by atoms with Gasteiger partial charge in [-0.3, -0.25) is 9.59 Å². The Kier molecular flexibility index (Phi) is 3.04. The summed E-state index contributed by atoms with van der Waals surface area (Å²) in [6.45, 7) is 0. The molecule has 100 valence electrons. The minimum absolute atomic E-state index is 0.172. The number of hydrogen-bond acceptors (Lipinski definition) is 3. The van der Waals surface area contributed by atoms with Crippen molar-refractivity contribution in [3.63, 3.8) is 0 Å². The van der Waals surface area contributed by atoms with E-state index in [0.717, 1.165) is 10.8 Å². The molecule has 0 fully saturated rings. The van der Waals surface area contributed by atoms with Gasteiger partial charge in [0.25, 0.3) is 0 Å². The lowest BCUT2D eigenvalue weighted by atomic mass is 9.90. The third-order valence-electron chi connectivity index (χ3n) is 3.27. The zero-order valence-corrected chi connectivity index (χ0v) is 11.9. The molecule has 2 aromatic carbocycles. The Balaban J connectivity index is 2.47. The summed E-state index contributed by atoms with van der Waals surface area (Å²) in [5.74, 6) is -0.608. The molecule has 1 aliphatic carbocycles. The van der Waals surface area contributed by atoms with Crippen LogP contribution in [0, 0.1) is 0 Å². The fraction of sp³-hybridized carbons (Fsp3) is 0.0667. The van der Waals surface area contributed by atoms with Gasteiger partial charge in [-0.25, -0.2) is 0 Å². The highest BCUT2D eigenvalue weighted by Gasteiger charge is 2.34. The highest BCUT2D eigenvalue weighted by Crippen LogP contribution is 2.40. The largest absolute Gasteiger partial charge is 0.495 e. The van der Waals surface area contributed by atoms with Crippen LogP contribution in [0.5, 0.6) is 5.75 Å². The van der Waals surface area contributed by atoms with Crippen molar-refractivity contribution in [2.45, 2.75) is 0 Å². The van der Waals surface area contributed by atoms with Gasteiger partial charge in [0.05, 0.1) is 12.7 Å². The van der Waals surface area contributed by atoms with E-state index in [-0.39, 0.29) is 21.2 Å². The van der Waals surface area contributed by atoms with E-state index in [0.29, 0.717) is 5.75 Å². The van der Waals surface area contributed by atoms with Crippen molar-refractivity contribution in [1.82, 2.24) is 0 Å². The molecule has 0 heterocycles. The molecule has 5 heteroatoms. The summed E-state index contributed by atoms with van der Waals surface area (Å²) >= 11 is 11.7. The second-order valence-corrected chi connectivity index (χ2v) is 5.10. The topological polar surface area (TPSA) is 43.4 Å². The van der Waals surface area contributed by atoms with Crippen molar-refractivity contribution in [2.24, 2.45) is 0 Å². The number of hydrogen-bond donors (Lipinski definition) is 0. The molecule has 0 unspecified atom stereocenters. The van der Waals surface area contributed by atoms with Crippen LogP contribution in [-0.4, -0.2) is 18.7 Å². The number of Topliss-reactive ketones (excluding diaryl/α,β-unsaturated/α-hetero) is 2. The number of fused-ring (bicyclic) bond motifs is 2. The number of ketones is 2. The van der Waals surface area contributed by atoms with Crippen LogP contribution in [0.4, 0.5) is 0 Å². The van der Waals surface area contributed by atoms with Crippen LogP contribution < -0.4 is 4.74 Å². The first-order chi connectivity index (χ1) is 9.56. The highest BCUT2D eigenvalue weighted by atomic mass is 35.5. The molecule has 0 atom stereocenters. The number of rotatable bonds is 1. The molecule has 3 nitrogen and oxygen atoms in total. The Morgan fingerprint density at radius 1 is 1.00 bits per heavy atom. The molecule has 1 aliphatic rings. The van der Waals surface area contributed by atoms with Crippen molar-refractivity contribution in [3.8, 4) is 5.75 Å². The van der Waals surface area contributed by atoms with Gasteiger partial charge >= 0.3 is 0 Å². The van der Waals surface area contributed by atoms with E-state index >= 15 is 0 Å². The quantitative estimate of drug-likeness (QED) is 0.802. The van der Waals surface area contributed by atoms with Crippen molar-refractivity contribution in [3.05, 3.63) is 51.5 Å². The third kappa shape index (κ3) is 1.67. The molecule has 0 aromatic heterocycles. The smallest absolute Gasteiger partial charge is 0.210 e. The maximum Gasteiger partial charge on any atom is 0.210 e. The minimum atomic E-state index is -0.492. The van der Waals surface area contributed by atoms with Gasteiger partial charge in [-0.05, 0) is 11.5 Å². The van der Waals surface area contributed by atoms with E-state index in [2.05, 4.69) is 0 Å². The number of carbonyl (C=O) groups is 2. The average molecular weight is 307 g/mol. The van der Waals surface area contributed by atoms with Crippen LogP contribution in [-0.2, 0) is 0 Å². The monoisotopic (exact) mass is 306 g/mol. The first-order valence-corrected chi connectivity index (χ1v) is 6.56. The van der Waals surface area contributed by atoms with Gasteiger partial charge in [-0.1, -0.05) is 47.5 Å². The fourth-order valence-corrected chi connectivity index (χ4v) is 2.73. The predicted molar refractivity (Wildman–Crippen MR) is 77.9 cm³/mol. The molecule has 0 N–H and O–H groups in total. The van der Waals surface area contributed by atoms with E-state index < -0.39 is 11.6 Å². The standard InChI is InChI=1S/C15H8Cl2O3/c1-20-15-8-5-3-2-4-7(8)6-9-10(15)14(19)12(17)11(16)13(9)18/h2-6H,1H3. The summed E-state index contributed by atoms with van der Waals surface area (Å²) < 4.78 is 5.33. The van der Waals surface area contributed by atoms with Gasteiger partial charge in [0, 0.05) is 10.9 Å². The van der Waals surface area contributed by atoms with E-state index in [1.54, 1.807) is 6.07 Å². The molecule has 20 heavy (non-hydrogen) atoms. The summed E-state index contributed by atoms with van der Waals surface area (Å²) in [5, 5.41) is 1.03. The third-order valence-corrected chi connectivity index (χ3v) is 4.09. The lowest BCUT2D eigenvalue weighted by molar-refractivity contribution is 0.0984. The van der Waals surface area contributed by atoms with Crippen LogP contribution in [0.2, 0.25) is 0 Å². The van der Waals surface area contributed by atoms with Crippen molar-refractivity contribution in [1.29, 1.82) is 0 Å². The molecule has 0 radical (unpaired) electrons. The Morgan fingerprint density at radius 2 is 1.65 bits per heavy atom. The van der Waals surface area contributed by atoms with Crippen molar-refractivity contribution < 1.29 is 14.3 Å². The number of allylic oxidation sites excluding steroid dienone is 2. The number of halogens is 2. The molecule has 2 aromatic rings. The van der Waals surface area contributed by atoms with Crippen LogP contribution in [0.25, 0.3) is 10.8 Å². The van der Waals surface area contributed by atoms with Crippen molar-refractivity contribution in [2.75, 3.05) is 7.11 Å². The van der Waals surface area contributed by atoms with Gasteiger partial charge in [-0.2, -0.15) is 0 Å². The van der Waals surface area contributed by atoms with E-state index in [4.69, 9.17) is 27.9 Å². The van der Waals surface area contributed by atoms with Crippen LogP contribution in [0.3, 0.4) is 0 Å². The Labute approximate surface area is 124 Å². The first-order valence-electron chi connectivity index (χ1n) is 5.80. The SMILES string of the molecule is COc1c2c(cc3ccccc13)C(=O)C(Cl)=C(Cl)C2=O. The zero-order chi connectivity index (χ0) is 14.4. The fourth-order valence-electron chi connectivity index (χ4n) is 2.36. The zero-order valence-electron chi connectivity index (χ0n) is 10.4. The summed E-state index contributed by atoms with van der Waals surface area (Å²) in [6.07, 6.45) is 0. The van der Waals surface area contributed by atoms with Gasteiger partial charge in [0.1, 0.15) is 15.8 Å². The molecule has 0 spiro atoms. The maximum absolute atomic E-state index is 12.3. The summed E-state index contributed by atoms with van der Waals surface area (Å²) in [7, 11) is 1.45. The lowest BCUT2D eigenvalue weighted by Gasteiger charge is -2.19. The summed E-state index contributed by atoms with van der Waals surface area (Å²) in [6, 6.07) is 8.97. The maximum atomic E-state index is 12.3. The second-order valence-electron chi connectivity index (χ2n) is 4.34. The number of benzene rings is 2. The molecule has 0 aliphatic heterocycles. The van der Waals surface area contributed by atoms with Crippen molar-refractivity contribution >= 4 is 45.5 Å². The highest BCUT2D eigenvalue weighted by molar-refractivity contribution is 6.59. The van der Waals surface area contributed by atoms with E-state index in [1.807, 2.05) is 24.3 Å². The van der Waals surface area contributed by atoms with Crippen LogP contribution >= 0.6 is 23.2 Å². The predicted octanol–water partition coefficient (Wildman–Crippen LogP) is 3.92. The summed E-state index contributed by atoms with van der Waals surface area (Å²) in [5.41, 5.74) is 0.394.